The lowest BCUT2D eigenvalue weighted by Gasteiger charge is -2.10. The fraction of sp³-hybridized carbons (Fsp3) is 0.833. The average Bonchev–Trinajstić information content (AvgIpc) is 1.98. The van der Waals surface area contributed by atoms with Crippen LogP contribution in [0.4, 0.5) is 4.79 Å². The van der Waals surface area contributed by atoms with Crippen molar-refractivity contribution in [2.24, 2.45) is 0 Å². The third-order valence-electron chi connectivity index (χ3n) is 0.961. The van der Waals surface area contributed by atoms with Crippen molar-refractivity contribution in [2.45, 2.75) is 25.5 Å². The molecule has 0 saturated carbocycles. The monoisotopic (exact) mass is 227 g/mol. The summed E-state index contributed by atoms with van der Waals surface area (Å²) in [5.74, 6) is 0. The van der Waals surface area contributed by atoms with Crippen molar-refractivity contribution in [3.05, 3.63) is 10.1 Å². The van der Waals surface area contributed by atoms with Gasteiger partial charge in [-0.2, -0.15) is 0 Å². The zero-order chi connectivity index (χ0) is 11.1. The van der Waals surface area contributed by atoms with E-state index in [0.29, 0.717) is 0 Å². The molecule has 0 aliphatic heterocycles. The van der Waals surface area contributed by atoms with Gasteiger partial charge in [0.2, 0.25) is 0 Å². The standard InChI is InChI=1S/C6H10ClNO6/c1-4(14-8(10)11)3-12-6(9)13-5(2)7/h4-5H,3H2,1-2H3. The van der Waals surface area contributed by atoms with E-state index in [0.717, 1.165) is 0 Å². The topological polar surface area (TPSA) is 87.9 Å². The Morgan fingerprint density at radius 1 is 1.57 bits per heavy atom. The highest BCUT2D eigenvalue weighted by Crippen LogP contribution is 2.00. The van der Waals surface area contributed by atoms with Crippen LogP contribution < -0.4 is 0 Å². The molecule has 0 spiro atoms. The third kappa shape index (κ3) is 7.41. The predicted octanol–water partition coefficient (Wildman–Crippen LogP) is 1.32. The summed E-state index contributed by atoms with van der Waals surface area (Å²) in [6, 6.07) is 0. The highest BCUT2D eigenvalue weighted by molar-refractivity contribution is 6.19. The van der Waals surface area contributed by atoms with Gasteiger partial charge >= 0.3 is 6.16 Å². The zero-order valence-corrected chi connectivity index (χ0v) is 8.39. The summed E-state index contributed by atoms with van der Waals surface area (Å²) >= 11 is 5.31. The van der Waals surface area contributed by atoms with E-state index in [-0.39, 0.29) is 6.61 Å². The van der Waals surface area contributed by atoms with Gasteiger partial charge in [0.25, 0.3) is 5.09 Å². The van der Waals surface area contributed by atoms with Crippen LogP contribution in [0.3, 0.4) is 0 Å². The maximum atomic E-state index is 10.7. The molecule has 82 valence electrons. The fourth-order valence-corrected chi connectivity index (χ4v) is 0.602. The van der Waals surface area contributed by atoms with E-state index in [1.165, 1.54) is 13.8 Å². The van der Waals surface area contributed by atoms with Crippen molar-refractivity contribution in [1.82, 2.24) is 0 Å². The van der Waals surface area contributed by atoms with Crippen LogP contribution in [0.2, 0.25) is 0 Å². The maximum absolute atomic E-state index is 10.7. The number of halogens is 1. The lowest BCUT2D eigenvalue weighted by atomic mass is 10.4. The van der Waals surface area contributed by atoms with Crippen molar-refractivity contribution in [3.8, 4) is 0 Å². The first-order chi connectivity index (χ1) is 6.41. The Morgan fingerprint density at radius 3 is 2.57 bits per heavy atom. The van der Waals surface area contributed by atoms with Crippen LogP contribution in [-0.2, 0) is 14.3 Å². The lowest BCUT2D eigenvalue weighted by Crippen LogP contribution is -2.22. The van der Waals surface area contributed by atoms with Crippen LogP contribution in [0.5, 0.6) is 0 Å². The van der Waals surface area contributed by atoms with Gasteiger partial charge in [-0.1, -0.05) is 11.6 Å². The molecule has 2 unspecified atom stereocenters. The molecule has 0 amide bonds. The molecule has 0 aliphatic carbocycles. The van der Waals surface area contributed by atoms with Gasteiger partial charge in [0.05, 0.1) is 0 Å². The Hall–Kier alpha value is -1.24. The summed E-state index contributed by atoms with van der Waals surface area (Å²) in [7, 11) is 0. The second-order valence-electron chi connectivity index (χ2n) is 2.36. The molecular weight excluding hydrogens is 218 g/mol. The summed E-state index contributed by atoms with van der Waals surface area (Å²) < 4.78 is 8.82. The van der Waals surface area contributed by atoms with Crippen LogP contribution in [0.1, 0.15) is 13.8 Å². The van der Waals surface area contributed by atoms with E-state index < -0.39 is 22.9 Å². The normalized spacial score (nSPS) is 13.9. The van der Waals surface area contributed by atoms with Gasteiger partial charge in [-0.15, -0.1) is 10.1 Å². The molecule has 0 fully saturated rings. The van der Waals surface area contributed by atoms with Crippen molar-refractivity contribution in [1.29, 1.82) is 0 Å². The Morgan fingerprint density at radius 2 is 2.14 bits per heavy atom. The number of hydrogen-bond donors (Lipinski definition) is 0. The van der Waals surface area contributed by atoms with Crippen LogP contribution in [0.25, 0.3) is 0 Å². The Kier molecular flexibility index (Phi) is 5.70. The number of carbonyl (C=O) groups is 1. The van der Waals surface area contributed by atoms with E-state index >= 15 is 0 Å². The molecule has 0 radical (unpaired) electrons. The SMILES string of the molecule is CC(Cl)OC(=O)OCC(C)O[N+](=O)[O-]. The average molecular weight is 228 g/mol. The van der Waals surface area contributed by atoms with Crippen molar-refractivity contribution in [2.75, 3.05) is 6.61 Å². The van der Waals surface area contributed by atoms with Gasteiger partial charge in [0.15, 0.2) is 5.56 Å². The van der Waals surface area contributed by atoms with Gasteiger partial charge in [-0.05, 0) is 13.8 Å². The molecule has 7 nitrogen and oxygen atoms in total. The van der Waals surface area contributed by atoms with Gasteiger partial charge < -0.3 is 14.3 Å². The molecule has 0 aromatic heterocycles. The van der Waals surface area contributed by atoms with Crippen molar-refractivity contribution < 1.29 is 24.2 Å². The predicted molar refractivity (Wildman–Crippen MR) is 45.3 cm³/mol. The minimum atomic E-state index is -0.994. The molecule has 0 bridgehead atoms. The quantitative estimate of drug-likeness (QED) is 0.305. The number of alkyl halides is 1. The molecule has 14 heavy (non-hydrogen) atoms. The van der Waals surface area contributed by atoms with Crippen LogP contribution in [-0.4, -0.2) is 29.5 Å². The summed E-state index contributed by atoms with van der Waals surface area (Å²) in [5.41, 5.74) is -0.811. The van der Waals surface area contributed by atoms with Crippen LogP contribution >= 0.6 is 11.6 Å². The van der Waals surface area contributed by atoms with Gasteiger partial charge in [0, 0.05) is 0 Å². The first-order valence-corrected chi connectivity index (χ1v) is 4.14. The number of ether oxygens (including phenoxy) is 2. The van der Waals surface area contributed by atoms with Gasteiger partial charge in [0.1, 0.15) is 12.7 Å². The van der Waals surface area contributed by atoms with E-state index in [1.807, 2.05) is 0 Å². The van der Waals surface area contributed by atoms with E-state index in [9.17, 15) is 14.9 Å². The van der Waals surface area contributed by atoms with E-state index in [2.05, 4.69) is 14.3 Å². The van der Waals surface area contributed by atoms with Crippen LogP contribution in [0, 0.1) is 10.1 Å². The lowest BCUT2D eigenvalue weighted by molar-refractivity contribution is -0.767. The second-order valence-corrected chi connectivity index (χ2v) is 2.98. The summed E-state index contributed by atoms with van der Waals surface area (Å²) in [4.78, 5) is 24.6. The third-order valence-corrected chi connectivity index (χ3v) is 1.05. The molecular formula is C6H10ClNO6. The van der Waals surface area contributed by atoms with Crippen LogP contribution in [0.15, 0.2) is 0 Å². The fourth-order valence-electron chi connectivity index (χ4n) is 0.529. The van der Waals surface area contributed by atoms with Gasteiger partial charge in [-0.25, -0.2) is 4.79 Å². The summed E-state index contributed by atoms with van der Waals surface area (Å²) in [5, 5.41) is 8.85. The van der Waals surface area contributed by atoms with E-state index in [1.54, 1.807) is 0 Å². The molecule has 0 aromatic carbocycles. The minimum Gasteiger partial charge on any atom is -0.432 e. The molecule has 0 heterocycles. The second kappa shape index (κ2) is 6.25. The van der Waals surface area contributed by atoms with Crippen molar-refractivity contribution in [3.63, 3.8) is 0 Å². The Balaban J connectivity index is 3.61. The molecule has 0 saturated heterocycles. The molecule has 8 heteroatoms. The summed E-state index contributed by atoms with van der Waals surface area (Å²) in [6.45, 7) is 2.53. The zero-order valence-electron chi connectivity index (χ0n) is 7.64. The maximum Gasteiger partial charge on any atom is 0.509 e. The highest BCUT2D eigenvalue weighted by Gasteiger charge is 2.12. The first kappa shape index (κ1) is 12.8. The number of nitrogens with zero attached hydrogens (tertiary/aromatic N) is 1. The molecule has 0 aliphatic rings. The highest BCUT2D eigenvalue weighted by atomic mass is 35.5. The minimum absolute atomic E-state index is 0.274. The first-order valence-electron chi connectivity index (χ1n) is 3.70. The smallest absolute Gasteiger partial charge is 0.432 e. The van der Waals surface area contributed by atoms with Gasteiger partial charge in [-0.3, -0.25) is 0 Å². The number of carbonyl (C=O) groups excluding carboxylic acids is 1. The molecule has 0 rings (SSSR count). The summed E-state index contributed by atoms with van der Waals surface area (Å²) in [6.07, 6.45) is -1.84. The molecule has 2 atom stereocenters. The number of rotatable bonds is 5. The molecule has 0 N–H and O–H groups in total. The number of hydrogen-bond acceptors (Lipinski definition) is 6. The molecule has 0 aromatic rings. The Labute approximate surface area is 85.0 Å². The largest absolute Gasteiger partial charge is 0.509 e. The Bertz CT molecular complexity index is 208. The van der Waals surface area contributed by atoms with Crippen molar-refractivity contribution >= 4 is 17.8 Å². The van der Waals surface area contributed by atoms with E-state index in [4.69, 9.17) is 11.6 Å².